The SMILES string of the molecule is Cc1ccc([N+](=O)[O-])cc1NC(C)c1ccc(N)cc1. The van der Waals surface area contributed by atoms with Gasteiger partial charge in [-0.1, -0.05) is 18.2 Å². The van der Waals surface area contributed by atoms with E-state index in [4.69, 9.17) is 5.73 Å². The minimum Gasteiger partial charge on any atom is -0.399 e. The van der Waals surface area contributed by atoms with Crippen molar-refractivity contribution in [2.24, 2.45) is 0 Å². The second kappa shape index (κ2) is 5.61. The van der Waals surface area contributed by atoms with Crippen LogP contribution in [0.3, 0.4) is 0 Å². The lowest BCUT2D eigenvalue weighted by molar-refractivity contribution is -0.384. The summed E-state index contributed by atoms with van der Waals surface area (Å²) in [6.07, 6.45) is 0. The first-order valence-electron chi connectivity index (χ1n) is 6.34. The molecule has 2 aromatic rings. The summed E-state index contributed by atoms with van der Waals surface area (Å²) in [4.78, 5) is 10.4. The van der Waals surface area contributed by atoms with E-state index >= 15 is 0 Å². The summed E-state index contributed by atoms with van der Waals surface area (Å²) in [6.45, 7) is 3.92. The molecule has 0 saturated carbocycles. The number of hydrogen-bond donors (Lipinski definition) is 2. The average molecular weight is 271 g/mol. The summed E-state index contributed by atoms with van der Waals surface area (Å²) >= 11 is 0. The molecule has 2 aromatic carbocycles. The number of nitro groups is 1. The van der Waals surface area contributed by atoms with Crippen LogP contribution in [0.1, 0.15) is 24.1 Å². The van der Waals surface area contributed by atoms with Crippen LogP contribution in [0.4, 0.5) is 17.1 Å². The Morgan fingerprint density at radius 1 is 1.20 bits per heavy atom. The Hall–Kier alpha value is -2.56. The van der Waals surface area contributed by atoms with Crippen LogP contribution in [0.25, 0.3) is 0 Å². The van der Waals surface area contributed by atoms with Gasteiger partial charge in [0.1, 0.15) is 0 Å². The van der Waals surface area contributed by atoms with E-state index in [0.717, 1.165) is 16.8 Å². The highest BCUT2D eigenvalue weighted by molar-refractivity contribution is 5.58. The molecule has 0 aliphatic heterocycles. The fourth-order valence-electron chi connectivity index (χ4n) is 1.98. The van der Waals surface area contributed by atoms with Crippen LogP contribution in [-0.4, -0.2) is 4.92 Å². The van der Waals surface area contributed by atoms with Gasteiger partial charge in [-0.2, -0.15) is 0 Å². The number of nitrogens with two attached hydrogens (primary N) is 1. The van der Waals surface area contributed by atoms with E-state index in [1.165, 1.54) is 6.07 Å². The van der Waals surface area contributed by atoms with Gasteiger partial charge in [-0.25, -0.2) is 0 Å². The van der Waals surface area contributed by atoms with Crippen LogP contribution in [0.5, 0.6) is 0 Å². The summed E-state index contributed by atoms with van der Waals surface area (Å²) in [6, 6.07) is 12.4. The lowest BCUT2D eigenvalue weighted by Crippen LogP contribution is -2.08. The third-order valence-electron chi connectivity index (χ3n) is 3.24. The first-order valence-corrected chi connectivity index (χ1v) is 6.34. The fraction of sp³-hybridized carbons (Fsp3) is 0.200. The van der Waals surface area contributed by atoms with E-state index < -0.39 is 4.92 Å². The highest BCUT2D eigenvalue weighted by Crippen LogP contribution is 2.26. The van der Waals surface area contributed by atoms with E-state index in [9.17, 15) is 10.1 Å². The predicted molar refractivity (Wildman–Crippen MR) is 80.7 cm³/mol. The normalized spacial score (nSPS) is 11.9. The monoisotopic (exact) mass is 271 g/mol. The van der Waals surface area contributed by atoms with Gasteiger partial charge in [0.05, 0.1) is 4.92 Å². The molecular weight excluding hydrogens is 254 g/mol. The minimum atomic E-state index is -0.390. The van der Waals surface area contributed by atoms with E-state index in [0.29, 0.717) is 5.69 Å². The smallest absolute Gasteiger partial charge is 0.271 e. The minimum absolute atomic E-state index is 0.0382. The number of nitro benzene ring substituents is 1. The maximum Gasteiger partial charge on any atom is 0.271 e. The molecule has 1 unspecified atom stereocenters. The summed E-state index contributed by atoms with van der Waals surface area (Å²) < 4.78 is 0. The van der Waals surface area contributed by atoms with E-state index in [2.05, 4.69) is 5.32 Å². The molecular formula is C15H17N3O2. The Labute approximate surface area is 117 Å². The molecule has 0 spiro atoms. The third kappa shape index (κ3) is 3.06. The Bertz CT molecular complexity index is 624. The number of nitrogens with zero attached hydrogens (tertiary/aromatic N) is 1. The molecule has 0 aliphatic rings. The van der Waals surface area contributed by atoms with Crippen molar-refractivity contribution in [2.45, 2.75) is 19.9 Å². The standard InChI is InChI=1S/C15H17N3O2/c1-10-3-8-14(18(19)20)9-15(10)17-11(2)12-4-6-13(16)7-5-12/h3-9,11,17H,16H2,1-2H3. The number of nitrogen functional groups attached to an aromatic ring is 1. The molecule has 0 aromatic heterocycles. The summed E-state index contributed by atoms with van der Waals surface area (Å²) in [7, 11) is 0. The second-order valence-corrected chi connectivity index (χ2v) is 4.79. The van der Waals surface area contributed by atoms with Gasteiger partial charge in [-0.3, -0.25) is 10.1 Å². The van der Waals surface area contributed by atoms with Gasteiger partial charge in [0.15, 0.2) is 0 Å². The van der Waals surface area contributed by atoms with Crippen LogP contribution in [0.15, 0.2) is 42.5 Å². The number of hydrogen-bond acceptors (Lipinski definition) is 4. The molecule has 0 fully saturated rings. The number of benzene rings is 2. The molecule has 0 saturated heterocycles. The van der Waals surface area contributed by atoms with Gasteiger partial charge >= 0.3 is 0 Å². The van der Waals surface area contributed by atoms with E-state index in [-0.39, 0.29) is 11.7 Å². The van der Waals surface area contributed by atoms with Crippen molar-refractivity contribution in [3.63, 3.8) is 0 Å². The second-order valence-electron chi connectivity index (χ2n) is 4.79. The van der Waals surface area contributed by atoms with Crippen LogP contribution in [0, 0.1) is 17.0 Å². The van der Waals surface area contributed by atoms with Crippen molar-refractivity contribution in [1.29, 1.82) is 0 Å². The molecule has 0 bridgehead atoms. The fourth-order valence-corrected chi connectivity index (χ4v) is 1.98. The Morgan fingerprint density at radius 3 is 2.45 bits per heavy atom. The summed E-state index contributed by atoms with van der Waals surface area (Å²) in [5.41, 5.74) is 9.27. The molecule has 3 N–H and O–H groups in total. The zero-order valence-electron chi connectivity index (χ0n) is 11.5. The van der Waals surface area contributed by atoms with Crippen molar-refractivity contribution >= 4 is 17.1 Å². The molecule has 0 radical (unpaired) electrons. The molecule has 104 valence electrons. The largest absolute Gasteiger partial charge is 0.399 e. The molecule has 20 heavy (non-hydrogen) atoms. The molecule has 2 rings (SSSR count). The number of rotatable bonds is 4. The first kappa shape index (κ1) is 13.9. The highest BCUT2D eigenvalue weighted by atomic mass is 16.6. The van der Waals surface area contributed by atoms with Crippen LogP contribution >= 0.6 is 0 Å². The molecule has 1 atom stereocenters. The van der Waals surface area contributed by atoms with Gasteiger partial charge in [-0.15, -0.1) is 0 Å². The van der Waals surface area contributed by atoms with Crippen LogP contribution < -0.4 is 11.1 Å². The van der Waals surface area contributed by atoms with Gasteiger partial charge in [-0.05, 0) is 37.1 Å². The number of aryl methyl sites for hydroxylation is 1. The topological polar surface area (TPSA) is 81.2 Å². The van der Waals surface area contributed by atoms with E-state index in [1.54, 1.807) is 12.1 Å². The Balaban J connectivity index is 2.22. The lowest BCUT2D eigenvalue weighted by Gasteiger charge is -2.17. The molecule has 5 nitrogen and oxygen atoms in total. The van der Waals surface area contributed by atoms with Gasteiger partial charge in [0, 0.05) is 29.5 Å². The molecule has 0 amide bonds. The Kier molecular flexibility index (Phi) is 3.89. The van der Waals surface area contributed by atoms with E-state index in [1.807, 2.05) is 38.1 Å². The third-order valence-corrected chi connectivity index (χ3v) is 3.24. The zero-order chi connectivity index (χ0) is 14.7. The van der Waals surface area contributed by atoms with Gasteiger partial charge in [0.2, 0.25) is 0 Å². The lowest BCUT2D eigenvalue weighted by atomic mass is 10.1. The van der Waals surface area contributed by atoms with Crippen molar-refractivity contribution in [3.8, 4) is 0 Å². The number of non-ortho nitro benzene ring substituents is 1. The predicted octanol–water partition coefficient (Wildman–Crippen LogP) is 3.66. The molecule has 0 heterocycles. The maximum absolute atomic E-state index is 10.8. The van der Waals surface area contributed by atoms with Crippen molar-refractivity contribution in [1.82, 2.24) is 0 Å². The quantitative estimate of drug-likeness (QED) is 0.505. The average Bonchev–Trinajstić information content (AvgIpc) is 2.41. The molecule has 0 aliphatic carbocycles. The zero-order valence-corrected chi connectivity index (χ0v) is 11.5. The van der Waals surface area contributed by atoms with Crippen LogP contribution in [-0.2, 0) is 0 Å². The van der Waals surface area contributed by atoms with Crippen molar-refractivity contribution in [3.05, 3.63) is 63.7 Å². The maximum atomic E-state index is 10.8. The Morgan fingerprint density at radius 2 is 1.85 bits per heavy atom. The van der Waals surface area contributed by atoms with Gasteiger partial charge in [0.25, 0.3) is 5.69 Å². The number of nitrogens with one attached hydrogen (secondary N) is 1. The van der Waals surface area contributed by atoms with Crippen molar-refractivity contribution in [2.75, 3.05) is 11.1 Å². The molecule has 5 heteroatoms. The number of anilines is 2. The van der Waals surface area contributed by atoms with Crippen LogP contribution in [0.2, 0.25) is 0 Å². The summed E-state index contributed by atoms with van der Waals surface area (Å²) in [5, 5.41) is 14.1. The highest BCUT2D eigenvalue weighted by Gasteiger charge is 2.11. The summed E-state index contributed by atoms with van der Waals surface area (Å²) in [5.74, 6) is 0. The van der Waals surface area contributed by atoms with Crippen molar-refractivity contribution < 1.29 is 4.92 Å². The van der Waals surface area contributed by atoms with Gasteiger partial charge < -0.3 is 11.1 Å². The first-order chi connectivity index (χ1) is 9.47.